The molecule has 0 bridgehead atoms. The molecule has 0 fully saturated rings. The average Bonchev–Trinajstić information content (AvgIpc) is 2.69. The lowest BCUT2D eigenvalue weighted by Crippen LogP contribution is -2.57. The molecule has 7 nitrogen and oxygen atoms in total. The van der Waals surface area contributed by atoms with Gasteiger partial charge in [0.1, 0.15) is 15.9 Å². The Morgan fingerprint density at radius 1 is 0.871 bits per heavy atom. The van der Waals surface area contributed by atoms with E-state index in [0.29, 0.717) is 4.48 Å². The highest BCUT2D eigenvalue weighted by atomic mass is 32.2. The molecular formula is C23H43NO6S. The van der Waals surface area contributed by atoms with Crippen LogP contribution in [0.15, 0.2) is 29.2 Å². The number of para-hydroxylation sites is 1. The SMILES string of the molecule is CCCCCCCCCCCC[N+](C)(C(C)O)C(C)O.O=S(=O)([O-])c1ccccc1O. The van der Waals surface area contributed by atoms with Gasteiger partial charge in [0.2, 0.25) is 0 Å². The molecule has 8 heteroatoms. The van der Waals surface area contributed by atoms with Gasteiger partial charge in [0.25, 0.3) is 0 Å². The quantitative estimate of drug-likeness (QED) is 0.164. The first-order valence-electron chi connectivity index (χ1n) is 11.4. The molecule has 3 N–H and O–H groups in total. The van der Waals surface area contributed by atoms with Gasteiger partial charge in [-0.05, 0) is 25.0 Å². The van der Waals surface area contributed by atoms with Crippen LogP contribution in [0.4, 0.5) is 0 Å². The van der Waals surface area contributed by atoms with E-state index in [1.54, 1.807) is 13.8 Å². The molecule has 0 aromatic heterocycles. The minimum absolute atomic E-state index is 0.344. The lowest BCUT2D eigenvalue weighted by molar-refractivity contribution is -0.990. The highest BCUT2D eigenvalue weighted by Gasteiger charge is 2.31. The minimum Gasteiger partial charge on any atom is -0.744 e. The first-order chi connectivity index (χ1) is 14.5. The Hall–Kier alpha value is -1.19. The van der Waals surface area contributed by atoms with Gasteiger partial charge in [-0.2, -0.15) is 0 Å². The Bertz CT molecular complexity index is 683. The molecule has 0 aliphatic carbocycles. The highest BCUT2D eigenvalue weighted by molar-refractivity contribution is 7.85. The largest absolute Gasteiger partial charge is 0.744 e. The zero-order valence-corrected chi connectivity index (χ0v) is 20.5. The van der Waals surface area contributed by atoms with E-state index < -0.39 is 33.2 Å². The van der Waals surface area contributed by atoms with Crippen LogP contribution < -0.4 is 0 Å². The molecule has 1 aromatic carbocycles. The molecule has 0 aliphatic rings. The number of quaternary nitrogens is 1. The number of hydrogen-bond donors (Lipinski definition) is 3. The monoisotopic (exact) mass is 461 g/mol. The van der Waals surface area contributed by atoms with Crippen molar-refractivity contribution < 1.29 is 32.8 Å². The van der Waals surface area contributed by atoms with Crippen molar-refractivity contribution >= 4 is 10.1 Å². The van der Waals surface area contributed by atoms with E-state index in [9.17, 15) is 23.2 Å². The maximum absolute atomic E-state index is 10.3. The molecule has 1 aromatic rings. The van der Waals surface area contributed by atoms with Crippen LogP contribution >= 0.6 is 0 Å². The molecule has 2 atom stereocenters. The zero-order valence-electron chi connectivity index (χ0n) is 19.7. The molecule has 182 valence electrons. The summed E-state index contributed by atoms with van der Waals surface area (Å²) in [4.78, 5) is -0.583. The number of aliphatic hydroxyl groups excluding tert-OH is 2. The number of phenols is 1. The summed E-state index contributed by atoms with van der Waals surface area (Å²) < 4.78 is 31.4. The van der Waals surface area contributed by atoms with E-state index in [0.717, 1.165) is 25.1 Å². The first-order valence-corrected chi connectivity index (χ1v) is 12.8. The predicted molar refractivity (Wildman–Crippen MR) is 122 cm³/mol. The Balaban J connectivity index is 0.000000683. The zero-order chi connectivity index (χ0) is 23.9. The Labute approximate surface area is 189 Å². The van der Waals surface area contributed by atoms with Crippen molar-refractivity contribution in [3.63, 3.8) is 0 Å². The number of aromatic hydroxyl groups is 1. The fourth-order valence-electron chi connectivity index (χ4n) is 3.29. The minimum atomic E-state index is -4.53. The number of hydrogen-bond acceptors (Lipinski definition) is 6. The predicted octanol–water partition coefficient (Wildman–Crippen LogP) is 4.33. The summed E-state index contributed by atoms with van der Waals surface area (Å²) in [6.45, 7) is 6.64. The van der Waals surface area contributed by atoms with E-state index in [1.807, 2.05) is 7.05 Å². The van der Waals surface area contributed by atoms with E-state index in [4.69, 9.17) is 5.11 Å². The summed E-state index contributed by atoms with van der Waals surface area (Å²) >= 11 is 0. The summed E-state index contributed by atoms with van der Waals surface area (Å²) in [5.41, 5.74) is 0. The van der Waals surface area contributed by atoms with Crippen molar-refractivity contribution in [1.82, 2.24) is 0 Å². The van der Waals surface area contributed by atoms with Crippen molar-refractivity contribution in [3.05, 3.63) is 24.3 Å². The number of rotatable bonds is 14. The van der Waals surface area contributed by atoms with Gasteiger partial charge in [-0.3, -0.25) is 4.48 Å². The van der Waals surface area contributed by atoms with E-state index in [2.05, 4.69) is 6.92 Å². The molecule has 1 rings (SSSR count). The lowest BCUT2D eigenvalue weighted by Gasteiger charge is -2.39. The van der Waals surface area contributed by atoms with E-state index >= 15 is 0 Å². The van der Waals surface area contributed by atoms with Gasteiger partial charge in [0.05, 0.1) is 18.5 Å². The smallest absolute Gasteiger partial charge is 0.189 e. The standard InChI is InChI=1S/C17H38NO2.C6H6O4S/c1-5-6-7-8-9-10-11-12-13-14-15-18(4,16(2)19)17(3)20;7-5-3-1-2-4-6(5)11(8,9)10/h16-17,19-20H,5-15H2,1-4H3;1-4,7H,(H,8,9,10)/q+1;/p-1. The summed E-state index contributed by atoms with van der Waals surface area (Å²) in [6, 6.07) is 5.00. The molecule has 0 spiro atoms. The maximum Gasteiger partial charge on any atom is 0.189 e. The Morgan fingerprint density at radius 2 is 1.29 bits per heavy atom. The third-order valence-electron chi connectivity index (χ3n) is 5.84. The third-order valence-corrected chi connectivity index (χ3v) is 6.72. The normalized spacial score (nSPS) is 15.5. The molecule has 0 amide bonds. The maximum atomic E-state index is 10.3. The van der Waals surface area contributed by atoms with E-state index in [1.165, 1.54) is 69.9 Å². The van der Waals surface area contributed by atoms with Crippen molar-refractivity contribution in [1.29, 1.82) is 0 Å². The van der Waals surface area contributed by atoms with Gasteiger partial charge in [-0.25, -0.2) is 8.42 Å². The van der Waals surface area contributed by atoms with Crippen molar-refractivity contribution in [2.75, 3.05) is 13.6 Å². The third kappa shape index (κ3) is 12.4. The van der Waals surface area contributed by atoms with Gasteiger partial charge >= 0.3 is 0 Å². The second-order valence-corrected chi connectivity index (χ2v) is 9.79. The average molecular weight is 462 g/mol. The number of benzene rings is 1. The van der Waals surface area contributed by atoms with Gasteiger partial charge < -0.3 is 19.9 Å². The van der Waals surface area contributed by atoms with Crippen LogP contribution in [0.1, 0.15) is 85.0 Å². The summed E-state index contributed by atoms with van der Waals surface area (Å²) in [7, 11) is -2.60. The molecule has 2 unspecified atom stereocenters. The second kappa shape index (κ2) is 15.6. The van der Waals surface area contributed by atoms with Crippen LogP contribution in [-0.2, 0) is 10.1 Å². The van der Waals surface area contributed by atoms with Gasteiger partial charge in [0, 0.05) is 13.8 Å². The number of aliphatic hydroxyl groups is 2. The van der Waals surface area contributed by atoms with Crippen LogP contribution in [-0.4, -0.2) is 58.8 Å². The first kappa shape index (κ1) is 29.8. The Morgan fingerprint density at radius 3 is 1.65 bits per heavy atom. The Kier molecular flexibility index (Phi) is 15.0. The number of nitrogens with zero attached hydrogens (tertiary/aromatic N) is 1. The van der Waals surface area contributed by atoms with Gasteiger partial charge in [-0.15, -0.1) is 0 Å². The summed E-state index contributed by atoms with van der Waals surface area (Å²) in [5, 5.41) is 28.5. The summed E-state index contributed by atoms with van der Waals surface area (Å²) in [5.74, 6) is -0.512. The van der Waals surface area contributed by atoms with Crippen molar-refractivity contribution in [2.45, 2.75) is 102 Å². The molecule has 0 heterocycles. The molecule has 0 saturated heterocycles. The van der Waals surface area contributed by atoms with Crippen LogP contribution in [0, 0.1) is 0 Å². The summed E-state index contributed by atoms with van der Waals surface area (Å²) in [6.07, 6.45) is 12.2. The number of unbranched alkanes of at least 4 members (excludes halogenated alkanes) is 9. The molecule has 0 saturated carbocycles. The molecule has 0 aliphatic heterocycles. The fourth-order valence-corrected chi connectivity index (χ4v) is 3.86. The van der Waals surface area contributed by atoms with Crippen LogP contribution in [0.5, 0.6) is 5.75 Å². The van der Waals surface area contributed by atoms with Crippen molar-refractivity contribution in [2.24, 2.45) is 0 Å². The molecular weight excluding hydrogens is 418 g/mol. The van der Waals surface area contributed by atoms with Gasteiger partial charge in [0.15, 0.2) is 12.5 Å². The van der Waals surface area contributed by atoms with Gasteiger partial charge in [-0.1, -0.05) is 70.4 Å². The lowest BCUT2D eigenvalue weighted by atomic mass is 10.1. The van der Waals surface area contributed by atoms with Crippen LogP contribution in [0.25, 0.3) is 0 Å². The molecule has 31 heavy (non-hydrogen) atoms. The van der Waals surface area contributed by atoms with E-state index in [-0.39, 0.29) is 0 Å². The second-order valence-electron chi connectivity index (χ2n) is 8.44. The van der Waals surface area contributed by atoms with Crippen LogP contribution in [0.3, 0.4) is 0 Å². The van der Waals surface area contributed by atoms with Crippen LogP contribution in [0.2, 0.25) is 0 Å². The number of phenolic OH excluding ortho intramolecular Hbond substituents is 1. The highest BCUT2D eigenvalue weighted by Crippen LogP contribution is 2.20. The van der Waals surface area contributed by atoms with Crippen molar-refractivity contribution in [3.8, 4) is 5.75 Å². The molecule has 0 radical (unpaired) electrons. The fraction of sp³-hybridized carbons (Fsp3) is 0.739. The topological polar surface area (TPSA) is 118 Å².